The van der Waals surface area contributed by atoms with Crippen molar-refractivity contribution < 1.29 is 31.1 Å². The van der Waals surface area contributed by atoms with Crippen LogP contribution in [0.3, 0.4) is 0 Å². The molecular formula is C22H21ClF6N6O. The first-order chi connectivity index (χ1) is 16.9. The maximum absolute atomic E-state index is 13.5. The van der Waals surface area contributed by atoms with Crippen molar-refractivity contribution in [2.75, 3.05) is 29.9 Å². The van der Waals surface area contributed by atoms with E-state index in [9.17, 15) is 26.3 Å². The van der Waals surface area contributed by atoms with E-state index in [0.717, 1.165) is 30.3 Å². The number of rotatable bonds is 5. The highest BCUT2D eigenvalue weighted by Crippen LogP contribution is 2.41. The number of aromatic nitrogens is 4. The summed E-state index contributed by atoms with van der Waals surface area (Å²) >= 11 is 6.12. The summed E-state index contributed by atoms with van der Waals surface area (Å²) in [6.07, 6.45) is -7.65. The third-order valence-electron chi connectivity index (χ3n) is 6.53. The van der Waals surface area contributed by atoms with Crippen LogP contribution in [0.4, 0.5) is 38.0 Å². The summed E-state index contributed by atoms with van der Waals surface area (Å²) in [6, 6.07) is 5.09. The molecule has 0 amide bonds. The van der Waals surface area contributed by atoms with Crippen LogP contribution < -0.4 is 15.0 Å². The van der Waals surface area contributed by atoms with Gasteiger partial charge in [0.15, 0.2) is 18.0 Å². The van der Waals surface area contributed by atoms with Crippen molar-refractivity contribution in [3.8, 4) is 5.75 Å². The Labute approximate surface area is 206 Å². The number of nitrogens with zero attached hydrogens (tertiary/aromatic N) is 5. The van der Waals surface area contributed by atoms with Crippen molar-refractivity contribution in [1.82, 2.24) is 19.6 Å². The molecule has 5 rings (SSSR count). The second-order valence-corrected chi connectivity index (χ2v) is 9.50. The SMILES string of the molecule is Cc1cc(N2CC3CCC(C2)C3Nc2nc3c(OCC(F)(F)F)ccc(C(F)(F)F)n3n2)cc(Cl)n1. The lowest BCUT2D eigenvalue weighted by Gasteiger charge is -2.39. The molecule has 0 spiro atoms. The van der Waals surface area contributed by atoms with Gasteiger partial charge in [-0.15, -0.1) is 5.10 Å². The molecule has 2 atom stereocenters. The highest BCUT2D eigenvalue weighted by molar-refractivity contribution is 6.29. The lowest BCUT2D eigenvalue weighted by atomic mass is 9.92. The van der Waals surface area contributed by atoms with Crippen LogP contribution in [0, 0.1) is 18.8 Å². The van der Waals surface area contributed by atoms with Crippen molar-refractivity contribution in [1.29, 1.82) is 0 Å². The lowest BCUT2D eigenvalue weighted by Crippen LogP contribution is -2.48. The van der Waals surface area contributed by atoms with Gasteiger partial charge in [0.05, 0.1) is 0 Å². The summed E-state index contributed by atoms with van der Waals surface area (Å²) in [4.78, 5) is 10.5. The summed E-state index contributed by atoms with van der Waals surface area (Å²) in [5.41, 5.74) is 0.140. The van der Waals surface area contributed by atoms with Gasteiger partial charge in [-0.05, 0) is 55.9 Å². The van der Waals surface area contributed by atoms with Crippen LogP contribution in [0.15, 0.2) is 24.3 Å². The Balaban J connectivity index is 1.40. The van der Waals surface area contributed by atoms with E-state index in [0.29, 0.717) is 28.8 Å². The zero-order valence-electron chi connectivity index (χ0n) is 18.9. The van der Waals surface area contributed by atoms with E-state index in [2.05, 4.69) is 25.3 Å². The summed E-state index contributed by atoms with van der Waals surface area (Å²) in [5.74, 6) is -0.221. The maximum Gasteiger partial charge on any atom is 0.433 e. The highest BCUT2D eigenvalue weighted by Gasteiger charge is 2.43. The van der Waals surface area contributed by atoms with Crippen LogP contribution in [0.1, 0.15) is 24.2 Å². The molecule has 2 aliphatic rings. The van der Waals surface area contributed by atoms with Crippen molar-refractivity contribution in [2.24, 2.45) is 11.8 Å². The molecule has 0 aromatic carbocycles. The predicted molar refractivity (Wildman–Crippen MR) is 119 cm³/mol. The summed E-state index contributed by atoms with van der Waals surface area (Å²) in [5, 5.41) is 7.50. The van der Waals surface area contributed by atoms with Crippen LogP contribution in [0.2, 0.25) is 5.15 Å². The van der Waals surface area contributed by atoms with Crippen LogP contribution in [0.25, 0.3) is 5.65 Å². The number of piperidine rings is 1. The number of halogens is 7. The fourth-order valence-corrected chi connectivity index (χ4v) is 5.34. The fraction of sp³-hybridized carbons (Fsp3) is 0.500. The largest absolute Gasteiger partial charge is 0.480 e. The van der Waals surface area contributed by atoms with Gasteiger partial charge in [0.25, 0.3) is 0 Å². The summed E-state index contributed by atoms with van der Waals surface area (Å²) in [6.45, 7) is 1.57. The van der Waals surface area contributed by atoms with Gasteiger partial charge in [-0.2, -0.15) is 31.3 Å². The molecule has 3 aromatic rings. The number of nitrogens with one attached hydrogen (secondary N) is 1. The molecule has 36 heavy (non-hydrogen) atoms. The highest BCUT2D eigenvalue weighted by atomic mass is 35.5. The Morgan fingerprint density at radius 2 is 1.75 bits per heavy atom. The first kappa shape index (κ1) is 24.7. The molecule has 1 N–H and O–H groups in total. The quantitative estimate of drug-likeness (QED) is 0.350. The first-order valence-electron chi connectivity index (χ1n) is 11.2. The molecule has 14 heteroatoms. The van der Waals surface area contributed by atoms with Gasteiger partial charge in [-0.25, -0.2) is 9.50 Å². The Morgan fingerprint density at radius 3 is 2.36 bits per heavy atom. The molecule has 1 saturated heterocycles. The van der Waals surface area contributed by atoms with Gasteiger partial charge in [-0.3, -0.25) is 0 Å². The standard InChI is InChI=1S/C22H21ClF6N6O/c1-11-6-14(7-17(23)30-11)34-8-12-2-3-13(9-34)18(12)31-20-32-19-15(36-10-21(24,25)26)4-5-16(22(27,28)29)35(19)33-20/h4-7,12-13,18H,2-3,8-10H2,1H3,(H,31,33). The van der Waals surface area contributed by atoms with Crippen LogP contribution in [-0.2, 0) is 6.18 Å². The van der Waals surface area contributed by atoms with Gasteiger partial charge in [0.2, 0.25) is 5.95 Å². The topological polar surface area (TPSA) is 67.6 Å². The minimum Gasteiger partial charge on any atom is -0.480 e. The van der Waals surface area contributed by atoms with Gasteiger partial charge >= 0.3 is 12.4 Å². The van der Waals surface area contributed by atoms with Crippen LogP contribution in [0.5, 0.6) is 5.75 Å². The van der Waals surface area contributed by atoms with Crippen LogP contribution in [-0.4, -0.2) is 51.5 Å². The van der Waals surface area contributed by atoms with Crippen LogP contribution >= 0.6 is 11.6 Å². The number of pyridine rings is 2. The average molecular weight is 535 g/mol. The van der Waals surface area contributed by atoms with E-state index in [1.807, 2.05) is 13.0 Å². The fourth-order valence-electron chi connectivity index (χ4n) is 5.10. The number of aryl methyl sites for hydroxylation is 1. The Kier molecular flexibility index (Phi) is 6.08. The van der Waals surface area contributed by atoms with Crippen molar-refractivity contribution >= 4 is 28.9 Å². The third kappa shape index (κ3) is 4.97. The van der Waals surface area contributed by atoms with Gasteiger partial charge in [0, 0.05) is 30.5 Å². The number of alkyl halides is 6. The minimum absolute atomic E-state index is 0.0956. The summed E-state index contributed by atoms with van der Waals surface area (Å²) in [7, 11) is 0. The van der Waals surface area contributed by atoms with Gasteiger partial charge in [-0.1, -0.05) is 11.6 Å². The number of fused-ring (bicyclic) bond motifs is 3. The predicted octanol–water partition coefficient (Wildman–Crippen LogP) is 5.37. The zero-order chi connectivity index (χ0) is 25.8. The van der Waals surface area contributed by atoms with Crippen molar-refractivity contribution in [3.05, 3.63) is 40.8 Å². The van der Waals surface area contributed by atoms with E-state index in [1.54, 1.807) is 6.07 Å². The molecule has 194 valence electrons. The molecule has 7 nitrogen and oxygen atoms in total. The molecule has 3 aromatic heterocycles. The Hall–Kier alpha value is -2.96. The molecule has 4 heterocycles. The smallest absolute Gasteiger partial charge is 0.433 e. The Morgan fingerprint density at radius 1 is 1.06 bits per heavy atom. The second kappa shape index (κ2) is 8.86. The van der Waals surface area contributed by atoms with E-state index in [-0.39, 0.29) is 23.8 Å². The van der Waals surface area contributed by atoms with E-state index < -0.39 is 36.1 Å². The molecule has 1 aliphatic heterocycles. The number of hydrogen-bond acceptors (Lipinski definition) is 6. The molecule has 2 bridgehead atoms. The molecule has 0 radical (unpaired) electrons. The molecule has 2 fully saturated rings. The normalized spacial score (nSPS) is 22.3. The Bertz CT molecular complexity index is 1240. The van der Waals surface area contributed by atoms with Gasteiger partial charge < -0.3 is 15.0 Å². The molecule has 2 unspecified atom stereocenters. The van der Waals surface area contributed by atoms with Crippen molar-refractivity contribution in [3.63, 3.8) is 0 Å². The molecule has 1 aliphatic carbocycles. The van der Waals surface area contributed by atoms with Crippen molar-refractivity contribution in [2.45, 2.75) is 38.2 Å². The van der Waals surface area contributed by atoms with E-state index in [1.165, 1.54) is 0 Å². The first-order valence-corrected chi connectivity index (χ1v) is 11.6. The number of hydrogen-bond donors (Lipinski definition) is 1. The van der Waals surface area contributed by atoms with Gasteiger partial charge in [0.1, 0.15) is 10.8 Å². The number of ether oxygens (including phenoxy) is 1. The molecular weight excluding hydrogens is 514 g/mol. The average Bonchev–Trinajstić information content (AvgIpc) is 3.26. The monoisotopic (exact) mass is 534 g/mol. The maximum atomic E-state index is 13.5. The third-order valence-corrected chi connectivity index (χ3v) is 6.73. The van der Waals surface area contributed by atoms with E-state index >= 15 is 0 Å². The minimum atomic E-state index is -4.79. The molecule has 1 saturated carbocycles. The lowest BCUT2D eigenvalue weighted by molar-refractivity contribution is -0.153. The summed E-state index contributed by atoms with van der Waals surface area (Å²) < 4.78 is 83.7. The zero-order valence-corrected chi connectivity index (χ0v) is 19.6. The van der Waals surface area contributed by atoms with E-state index in [4.69, 9.17) is 16.3 Å². The second-order valence-electron chi connectivity index (χ2n) is 9.12. The number of anilines is 2.